The SMILES string of the molecule is O[C@@H]1CCC[C@@H](CCl)C1. The lowest BCUT2D eigenvalue weighted by molar-refractivity contribution is 0.107. The van der Waals surface area contributed by atoms with E-state index in [1.165, 1.54) is 6.42 Å². The van der Waals surface area contributed by atoms with Crippen molar-refractivity contribution in [2.24, 2.45) is 5.92 Å². The van der Waals surface area contributed by atoms with E-state index >= 15 is 0 Å². The molecule has 9 heavy (non-hydrogen) atoms. The van der Waals surface area contributed by atoms with Gasteiger partial charge in [-0.1, -0.05) is 6.42 Å². The molecule has 1 fully saturated rings. The van der Waals surface area contributed by atoms with Crippen molar-refractivity contribution >= 4 is 11.6 Å². The van der Waals surface area contributed by atoms with Gasteiger partial charge in [0.05, 0.1) is 6.10 Å². The maximum absolute atomic E-state index is 9.15. The zero-order chi connectivity index (χ0) is 6.69. The minimum atomic E-state index is -0.0671. The van der Waals surface area contributed by atoms with E-state index in [9.17, 15) is 0 Å². The van der Waals surface area contributed by atoms with Crippen LogP contribution >= 0.6 is 11.6 Å². The molecule has 0 heterocycles. The summed E-state index contributed by atoms with van der Waals surface area (Å²) < 4.78 is 0. The number of rotatable bonds is 1. The monoisotopic (exact) mass is 148 g/mol. The summed E-state index contributed by atoms with van der Waals surface area (Å²) in [5.74, 6) is 1.30. The second-order valence-corrected chi connectivity index (χ2v) is 3.15. The molecule has 0 unspecified atom stereocenters. The molecule has 1 nitrogen and oxygen atoms in total. The Bertz CT molecular complexity index is 85.0. The Hall–Kier alpha value is 0.250. The molecule has 0 aliphatic heterocycles. The lowest BCUT2D eigenvalue weighted by Gasteiger charge is -2.23. The smallest absolute Gasteiger partial charge is 0.0543 e. The van der Waals surface area contributed by atoms with Crippen LogP contribution in [0.3, 0.4) is 0 Å². The van der Waals surface area contributed by atoms with E-state index in [1.54, 1.807) is 0 Å². The predicted octanol–water partition coefficient (Wildman–Crippen LogP) is 1.78. The summed E-state index contributed by atoms with van der Waals surface area (Å²) in [4.78, 5) is 0. The normalized spacial score (nSPS) is 36.7. The summed E-state index contributed by atoms with van der Waals surface area (Å²) >= 11 is 5.63. The maximum atomic E-state index is 9.15. The summed E-state index contributed by atoms with van der Waals surface area (Å²) in [6.07, 6.45) is 4.19. The summed E-state index contributed by atoms with van der Waals surface area (Å²) in [6, 6.07) is 0. The van der Waals surface area contributed by atoms with Crippen LogP contribution in [-0.4, -0.2) is 17.1 Å². The molecular weight excluding hydrogens is 136 g/mol. The van der Waals surface area contributed by atoms with Gasteiger partial charge < -0.3 is 5.11 Å². The van der Waals surface area contributed by atoms with E-state index in [-0.39, 0.29) is 6.10 Å². The van der Waals surface area contributed by atoms with Crippen molar-refractivity contribution in [2.75, 3.05) is 5.88 Å². The van der Waals surface area contributed by atoms with Gasteiger partial charge in [-0.25, -0.2) is 0 Å². The summed E-state index contributed by atoms with van der Waals surface area (Å²) in [5.41, 5.74) is 0. The minimum Gasteiger partial charge on any atom is -0.393 e. The highest BCUT2D eigenvalue weighted by molar-refractivity contribution is 6.18. The second kappa shape index (κ2) is 3.43. The number of hydrogen-bond donors (Lipinski definition) is 1. The first-order chi connectivity index (χ1) is 4.33. The summed E-state index contributed by atoms with van der Waals surface area (Å²) in [5, 5.41) is 9.15. The molecule has 1 saturated carbocycles. The number of hydrogen-bond acceptors (Lipinski definition) is 1. The average molecular weight is 149 g/mol. The van der Waals surface area contributed by atoms with Gasteiger partial charge in [-0.15, -0.1) is 11.6 Å². The van der Waals surface area contributed by atoms with E-state index in [1.807, 2.05) is 0 Å². The zero-order valence-electron chi connectivity index (χ0n) is 5.52. The van der Waals surface area contributed by atoms with Crippen molar-refractivity contribution in [3.05, 3.63) is 0 Å². The van der Waals surface area contributed by atoms with E-state index in [2.05, 4.69) is 0 Å². The fourth-order valence-corrected chi connectivity index (χ4v) is 1.68. The molecule has 2 heteroatoms. The highest BCUT2D eigenvalue weighted by Gasteiger charge is 2.18. The van der Waals surface area contributed by atoms with Crippen LogP contribution in [0, 0.1) is 5.92 Å². The lowest BCUT2D eigenvalue weighted by atomic mass is 9.89. The molecule has 0 bridgehead atoms. The molecule has 1 rings (SSSR count). The molecule has 1 N–H and O–H groups in total. The van der Waals surface area contributed by atoms with E-state index in [0.29, 0.717) is 5.92 Å². The molecule has 0 amide bonds. The van der Waals surface area contributed by atoms with Gasteiger partial charge in [-0.3, -0.25) is 0 Å². The number of alkyl halides is 1. The fourth-order valence-electron chi connectivity index (χ4n) is 1.40. The highest BCUT2D eigenvalue weighted by Crippen LogP contribution is 2.24. The van der Waals surface area contributed by atoms with Crippen molar-refractivity contribution < 1.29 is 5.11 Å². The van der Waals surface area contributed by atoms with Crippen LogP contribution in [0.1, 0.15) is 25.7 Å². The Labute approximate surface area is 61.0 Å². The van der Waals surface area contributed by atoms with Crippen molar-refractivity contribution in [2.45, 2.75) is 31.8 Å². The molecule has 2 atom stereocenters. The Morgan fingerprint density at radius 1 is 1.44 bits per heavy atom. The Morgan fingerprint density at radius 2 is 2.22 bits per heavy atom. The molecule has 0 radical (unpaired) electrons. The molecule has 0 aromatic heterocycles. The van der Waals surface area contributed by atoms with E-state index in [0.717, 1.165) is 25.1 Å². The number of aliphatic hydroxyl groups excluding tert-OH is 1. The first-order valence-electron chi connectivity index (χ1n) is 3.57. The zero-order valence-corrected chi connectivity index (χ0v) is 6.27. The van der Waals surface area contributed by atoms with Gasteiger partial charge in [0.1, 0.15) is 0 Å². The minimum absolute atomic E-state index is 0.0671. The molecule has 1 aliphatic carbocycles. The van der Waals surface area contributed by atoms with Crippen LogP contribution in [0.5, 0.6) is 0 Å². The largest absolute Gasteiger partial charge is 0.393 e. The van der Waals surface area contributed by atoms with Crippen LogP contribution in [-0.2, 0) is 0 Å². The first kappa shape index (κ1) is 7.36. The third kappa shape index (κ3) is 2.15. The standard InChI is InChI=1S/C7H13ClO/c8-5-6-2-1-3-7(9)4-6/h6-7,9H,1-5H2/t6-,7-/m1/s1. The fraction of sp³-hybridized carbons (Fsp3) is 1.00. The van der Waals surface area contributed by atoms with E-state index in [4.69, 9.17) is 16.7 Å². The highest BCUT2D eigenvalue weighted by atomic mass is 35.5. The number of aliphatic hydroxyl groups is 1. The Kier molecular flexibility index (Phi) is 2.80. The topological polar surface area (TPSA) is 20.2 Å². The quantitative estimate of drug-likeness (QED) is 0.562. The van der Waals surface area contributed by atoms with Gasteiger partial charge in [0.2, 0.25) is 0 Å². The molecule has 1 aliphatic rings. The van der Waals surface area contributed by atoms with Crippen LogP contribution in [0.25, 0.3) is 0 Å². The summed E-state index contributed by atoms with van der Waals surface area (Å²) in [6.45, 7) is 0. The third-order valence-electron chi connectivity index (χ3n) is 1.97. The first-order valence-corrected chi connectivity index (χ1v) is 4.10. The van der Waals surface area contributed by atoms with Gasteiger partial charge in [0.15, 0.2) is 0 Å². The van der Waals surface area contributed by atoms with Crippen molar-refractivity contribution in [1.82, 2.24) is 0 Å². The lowest BCUT2D eigenvalue weighted by Crippen LogP contribution is -2.20. The molecule has 54 valence electrons. The van der Waals surface area contributed by atoms with E-state index < -0.39 is 0 Å². The van der Waals surface area contributed by atoms with Crippen molar-refractivity contribution in [1.29, 1.82) is 0 Å². The summed E-state index contributed by atoms with van der Waals surface area (Å²) in [7, 11) is 0. The van der Waals surface area contributed by atoms with Crippen LogP contribution in [0.2, 0.25) is 0 Å². The van der Waals surface area contributed by atoms with Gasteiger partial charge >= 0.3 is 0 Å². The molecular formula is C7H13ClO. The Balaban J connectivity index is 2.23. The van der Waals surface area contributed by atoms with Gasteiger partial charge in [-0.05, 0) is 25.2 Å². The Morgan fingerprint density at radius 3 is 2.67 bits per heavy atom. The van der Waals surface area contributed by atoms with Gasteiger partial charge in [0.25, 0.3) is 0 Å². The van der Waals surface area contributed by atoms with Crippen LogP contribution in [0.4, 0.5) is 0 Å². The molecule has 0 spiro atoms. The van der Waals surface area contributed by atoms with Crippen molar-refractivity contribution in [3.63, 3.8) is 0 Å². The van der Waals surface area contributed by atoms with Gasteiger partial charge in [0, 0.05) is 5.88 Å². The maximum Gasteiger partial charge on any atom is 0.0543 e. The predicted molar refractivity (Wildman–Crippen MR) is 38.7 cm³/mol. The molecule has 0 aromatic carbocycles. The molecule has 0 aromatic rings. The van der Waals surface area contributed by atoms with Crippen LogP contribution < -0.4 is 0 Å². The average Bonchev–Trinajstić information content (AvgIpc) is 1.88. The third-order valence-corrected chi connectivity index (χ3v) is 2.41. The van der Waals surface area contributed by atoms with Crippen LogP contribution in [0.15, 0.2) is 0 Å². The second-order valence-electron chi connectivity index (χ2n) is 2.84. The van der Waals surface area contributed by atoms with Crippen molar-refractivity contribution in [3.8, 4) is 0 Å². The number of halogens is 1. The molecule has 0 saturated heterocycles. The van der Waals surface area contributed by atoms with Gasteiger partial charge in [-0.2, -0.15) is 0 Å².